The summed E-state index contributed by atoms with van der Waals surface area (Å²) in [6, 6.07) is 5.46. The molecule has 8 heteroatoms. The van der Waals surface area contributed by atoms with Gasteiger partial charge < -0.3 is 13.8 Å². The van der Waals surface area contributed by atoms with Crippen molar-refractivity contribution in [1.82, 2.24) is 25.2 Å². The van der Waals surface area contributed by atoms with Gasteiger partial charge in [0.1, 0.15) is 11.5 Å². The fraction of sp³-hybridized carbons (Fsp3) is 0.474. The second-order valence-electron chi connectivity index (χ2n) is 7.31. The Kier molecular flexibility index (Phi) is 4.55. The summed E-state index contributed by atoms with van der Waals surface area (Å²) in [5, 5.41) is 11.1. The van der Waals surface area contributed by atoms with Gasteiger partial charge in [-0.15, -0.1) is 0 Å². The number of hydrogen-bond acceptors (Lipinski definition) is 6. The molecule has 27 heavy (non-hydrogen) atoms. The van der Waals surface area contributed by atoms with Crippen molar-refractivity contribution >= 4 is 5.91 Å². The molecular weight excluding hydrogens is 346 g/mol. The van der Waals surface area contributed by atoms with Crippen LogP contribution in [0.2, 0.25) is 0 Å². The molecule has 1 N–H and O–H groups in total. The number of furan rings is 1. The van der Waals surface area contributed by atoms with Crippen LogP contribution in [0.3, 0.4) is 0 Å². The quantitative estimate of drug-likeness (QED) is 0.755. The van der Waals surface area contributed by atoms with Crippen LogP contribution in [0, 0.1) is 6.92 Å². The lowest BCUT2D eigenvalue weighted by atomic mass is 9.97. The van der Waals surface area contributed by atoms with E-state index in [9.17, 15) is 4.79 Å². The van der Waals surface area contributed by atoms with E-state index in [4.69, 9.17) is 8.94 Å². The molecule has 0 bridgehead atoms. The molecule has 4 heterocycles. The van der Waals surface area contributed by atoms with Crippen LogP contribution in [-0.4, -0.2) is 44.2 Å². The molecule has 3 aromatic heterocycles. The Morgan fingerprint density at radius 2 is 2.22 bits per heavy atom. The van der Waals surface area contributed by atoms with Crippen molar-refractivity contribution in [3.8, 4) is 11.5 Å². The standard InChI is InChI=1S/C19H23N5O3/c1-11(2)17-20-18(27-23-17)13-5-4-8-24(10-13)19(25)15-9-14(21-22-15)16-7-6-12(3)26-16/h6-7,9,11,13H,4-5,8,10H2,1-3H3,(H,21,22)/t13-/m0/s1. The van der Waals surface area contributed by atoms with E-state index in [1.165, 1.54) is 0 Å². The highest BCUT2D eigenvalue weighted by Gasteiger charge is 2.30. The van der Waals surface area contributed by atoms with Gasteiger partial charge in [-0.3, -0.25) is 9.89 Å². The predicted molar refractivity (Wildman–Crippen MR) is 97.3 cm³/mol. The molecule has 1 fully saturated rings. The van der Waals surface area contributed by atoms with Gasteiger partial charge in [-0.2, -0.15) is 10.1 Å². The summed E-state index contributed by atoms with van der Waals surface area (Å²) < 4.78 is 11.0. The lowest BCUT2D eigenvalue weighted by Gasteiger charge is -2.30. The monoisotopic (exact) mass is 369 g/mol. The number of nitrogens with zero attached hydrogens (tertiary/aromatic N) is 4. The van der Waals surface area contributed by atoms with Gasteiger partial charge in [0.05, 0.1) is 5.92 Å². The number of piperidine rings is 1. The second kappa shape index (κ2) is 7.02. The van der Waals surface area contributed by atoms with E-state index in [2.05, 4.69) is 20.3 Å². The summed E-state index contributed by atoms with van der Waals surface area (Å²) >= 11 is 0. The smallest absolute Gasteiger partial charge is 0.274 e. The Morgan fingerprint density at radius 1 is 1.37 bits per heavy atom. The fourth-order valence-electron chi connectivity index (χ4n) is 3.31. The third kappa shape index (κ3) is 3.51. The molecule has 3 aromatic rings. The summed E-state index contributed by atoms with van der Waals surface area (Å²) in [6.07, 6.45) is 1.82. The number of aryl methyl sites for hydroxylation is 1. The highest BCUT2D eigenvalue weighted by atomic mass is 16.5. The van der Waals surface area contributed by atoms with Crippen molar-refractivity contribution in [2.24, 2.45) is 0 Å². The molecule has 1 atom stereocenters. The summed E-state index contributed by atoms with van der Waals surface area (Å²) in [6.45, 7) is 7.19. The van der Waals surface area contributed by atoms with Gasteiger partial charge >= 0.3 is 0 Å². The van der Waals surface area contributed by atoms with Crippen LogP contribution < -0.4 is 0 Å². The minimum Gasteiger partial charge on any atom is -0.460 e. The Hall–Kier alpha value is -2.90. The Balaban J connectivity index is 1.47. The van der Waals surface area contributed by atoms with E-state index >= 15 is 0 Å². The Morgan fingerprint density at radius 3 is 2.93 bits per heavy atom. The number of aromatic amines is 1. The SMILES string of the molecule is Cc1ccc(-c2cc(C(=O)N3CCC[C@H](c4nc(C(C)C)no4)C3)n[nH]2)o1. The molecule has 0 radical (unpaired) electrons. The Bertz CT molecular complexity index is 939. The highest BCUT2D eigenvalue weighted by molar-refractivity contribution is 5.93. The molecule has 1 saturated heterocycles. The largest absolute Gasteiger partial charge is 0.460 e. The zero-order valence-electron chi connectivity index (χ0n) is 15.7. The number of carbonyl (C=O) groups is 1. The highest BCUT2D eigenvalue weighted by Crippen LogP contribution is 2.28. The van der Waals surface area contributed by atoms with Crippen LogP contribution in [0.5, 0.6) is 0 Å². The summed E-state index contributed by atoms with van der Waals surface area (Å²) in [5.74, 6) is 2.98. The third-order valence-corrected chi connectivity index (χ3v) is 4.83. The van der Waals surface area contributed by atoms with Gasteiger partial charge in [-0.05, 0) is 31.9 Å². The molecule has 0 unspecified atom stereocenters. The van der Waals surface area contributed by atoms with E-state index in [-0.39, 0.29) is 17.7 Å². The van der Waals surface area contributed by atoms with E-state index in [1.807, 2.05) is 32.9 Å². The van der Waals surface area contributed by atoms with Crippen molar-refractivity contribution in [3.05, 3.63) is 41.4 Å². The van der Waals surface area contributed by atoms with Gasteiger partial charge in [-0.1, -0.05) is 19.0 Å². The van der Waals surface area contributed by atoms with E-state index in [1.54, 1.807) is 11.0 Å². The number of nitrogens with one attached hydrogen (secondary N) is 1. The summed E-state index contributed by atoms with van der Waals surface area (Å²) in [7, 11) is 0. The van der Waals surface area contributed by atoms with Crippen molar-refractivity contribution in [3.63, 3.8) is 0 Å². The first kappa shape index (κ1) is 17.5. The Labute approximate surface area is 156 Å². The number of H-pyrrole nitrogens is 1. The molecule has 0 aliphatic carbocycles. The van der Waals surface area contributed by atoms with Crippen LogP contribution in [0.1, 0.15) is 66.5 Å². The maximum atomic E-state index is 12.9. The first-order valence-electron chi connectivity index (χ1n) is 9.26. The maximum Gasteiger partial charge on any atom is 0.274 e. The lowest BCUT2D eigenvalue weighted by Crippen LogP contribution is -2.39. The van der Waals surface area contributed by atoms with Crippen LogP contribution >= 0.6 is 0 Å². The van der Waals surface area contributed by atoms with Crippen LogP contribution in [0.25, 0.3) is 11.5 Å². The maximum absolute atomic E-state index is 12.9. The average Bonchev–Trinajstić information content (AvgIpc) is 3.41. The van der Waals surface area contributed by atoms with E-state index in [0.29, 0.717) is 42.0 Å². The fourth-order valence-corrected chi connectivity index (χ4v) is 3.31. The second-order valence-corrected chi connectivity index (χ2v) is 7.31. The molecule has 0 aromatic carbocycles. The molecular formula is C19H23N5O3. The number of aromatic nitrogens is 4. The first-order chi connectivity index (χ1) is 13.0. The minimum absolute atomic E-state index is 0.0637. The van der Waals surface area contributed by atoms with Gasteiger partial charge in [0, 0.05) is 25.1 Å². The first-order valence-corrected chi connectivity index (χ1v) is 9.26. The van der Waals surface area contributed by atoms with E-state index in [0.717, 1.165) is 18.6 Å². The zero-order chi connectivity index (χ0) is 19.0. The van der Waals surface area contributed by atoms with Crippen LogP contribution in [0.15, 0.2) is 27.1 Å². The number of likely N-dealkylation sites (tertiary alicyclic amines) is 1. The third-order valence-electron chi connectivity index (χ3n) is 4.83. The topological polar surface area (TPSA) is 101 Å². The van der Waals surface area contributed by atoms with Gasteiger partial charge in [-0.25, -0.2) is 0 Å². The predicted octanol–water partition coefficient (Wildman–Crippen LogP) is 3.50. The minimum atomic E-state index is -0.103. The zero-order valence-corrected chi connectivity index (χ0v) is 15.7. The summed E-state index contributed by atoms with van der Waals surface area (Å²) in [5.41, 5.74) is 1.08. The number of carbonyl (C=O) groups excluding carboxylic acids is 1. The summed E-state index contributed by atoms with van der Waals surface area (Å²) in [4.78, 5) is 19.2. The van der Waals surface area contributed by atoms with Crippen molar-refractivity contribution in [2.75, 3.05) is 13.1 Å². The van der Waals surface area contributed by atoms with Crippen molar-refractivity contribution < 1.29 is 13.7 Å². The molecule has 142 valence electrons. The van der Waals surface area contributed by atoms with Gasteiger partial charge in [0.25, 0.3) is 5.91 Å². The van der Waals surface area contributed by atoms with Crippen molar-refractivity contribution in [2.45, 2.75) is 45.4 Å². The molecule has 0 saturated carbocycles. The molecule has 1 aliphatic heterocycles. The molecule has 1 aliphatic rings. The van der Waals surface area contributed by atoms with Crippen LogP contribution in [0.4, 0.5) is 0 Å². The van der Waals surface area contributed by atoms with Crippen LogP contribution in [-0.2, 0) is 0 Å². The average molecular weight is 369 g/mol. The normalized spacial score (nSPS) is 17.6. The van der Waals surface area contributed by atoms with E-state index < -0.39 is 0 Å². The molecule has 8 nitrogen and oxygen atoms in total. The molecule has 1 amide bonds. The van der Waals surface area contributed by atoms with Gasteiger partial charge in [0.2, 0.25) is 5.89 Å². The number of rotatable bonds is 4. The number of hydrogen-bond donors (Lipinski definition) is 1. The van der Waals surface area contributed by atoms with Gasteiger partial charge in [0.15, 0.2) is 17.3 Å². The number of amides is 1. The van der Waals surface area contributed by atoms with Crippen molar-refractivity contribution in [1.29, 1.82) is 0 Å². The lowest BCUT2D eigenvalue weighted by molar-refractivity contribution is 0.0689. The molecule has 4 rings (SSSR count). The molecule has 0 spiro atoms.